The molecule has 1 aromatic rings. The van der Waals surface area contributed by atoms with Crippen LogP contribution < -0.4 is 14.2 Å². The molecule has 1 aliphatic rings. The van der Waals surface area contributed by atoms with E-state index in [1.165, 1.54) is 45.6 Å². The zero-order chi connectivity index (χ0) is 17.7. The van der Waals surface area contributed by atoms with Crippen molar-refractivity contribution in [3.8, 4) is 17.2 Å². The Balaban J connectivity index is 2.27. The predicted molar refractivity (Wildman–Crippen MR) is 86.7 cm³/mol. The summed E-state index contributed by atoms with van der Waals surface area (Å²) in [6.45, 7) is 0. The average Bonchev–Trinajstić information content (AvgIpc) is 2.58. The Hall–Kier alpha value is -2.80. The molecule has 0 fully saturated rings. The fraction of sp³-hybridized carbons (Fsp3) is 0.294. The topological polar surface area (TPSA) is 85.3 Å². The summed E-state index contributed by atoms with van der Waals surface area (Å²) in [5, 5.41) is 9.78. The van der Waals surface area contributed by atoms with Gasteiger partial charge in [0.2, 0.25) is 5.75 Å². The van der Waals surface area contributed by atoms with Gasteiger partial charge in [0, 0.05) is 12.5 Å². The number of nitrogens with zero attached hydrogens (tertiary/aromatic N) is 1. The minimum absolute atomic E-state index is 0.218. The van der Waals surface area contributed by atoms with E-state index < -0.39 is 18.0 Å². The second kappa shape index (κ2) is 7.65. The van der Waals surface area contributed by atoms with Gasteiger partial charge in [-0.2, -0.15) is 0 Å². The van der Waals surface area contributed by atoms with Gasteiger partial charge in [0.1, 0.15) is 6.23 Å². The maximum atomic E-state index is 12.2. The molecule has 0 bridgehead atoms. The first-order valence-electron chi connectivity index (χ1n) is 7.21. The van der Waals surface area contributed by atoms with Crippen LogP contribution in [-0.4, -0.2) is 49.4 Å². The van der Waals surface area contributed by atoms with E-state index in [1.807, 2.05) is 0 Å². The standard InChI is InChI=1S/C17H19NO6/c1-22-12-9-11(10-13(23-2)17(12)24-3)7-8-16(21)18-14(19)5-4-6-15(18)20/h4-5,7-10,15,20H,6H2,1-3H3/b8-7+. The van der Waals surface area contributed by atoms with Crippen molar-refractivity contribution in [2.45, 2.75) is 12.6 Å². The molecular formula is C17H19NO6. The Kier molecular flexibility index (Phi) is 5.59. The number of amides is 2. The lowest BCUT2D eigenvalue weighted by Gasteiger charge is -2.25. The summed E-state index contributed by atoms with van der Waals surface area (Å²) < 4.78 is 15.7. The van der Waals surface area contributed by atoms with Crippen molar-refractivity contribution < 1.29 is 28.9 Å². The lowest BCUT2D eigenvalue weighted by atomic mass is 10.1. The number of hydrogen-bond acceptors (Lipinski definition) is 6. The third kappa shape index (κ3) is 3.57. The Morgan fingerprint density at radius 1 is 1.21 bits per heavy atom. The maximum Gasteiger partial charge on any atom is 0.255 e. The lowest BCUT2D eigenvalue weighted by molar-refractivity contribution is -0.150. The molecule has 0 aliphatic carbocycles. The number of aliphatic hydroxyl groups is 1. The van der Waals surface area contributed by atoms with Crippen molar-refractivity contribution in [3.63, 3.8) is 0 Å². The molecule has 7 heteroatoms. The first-order valence-corrected chi connectivity index (χ1v) is 7.21. The quantitative estimate of drug-likeness (QED) is 0.819. The van der Waals surface area contributed by atoms with Crippen molar-refractivity contribution in [1.29, 1.82) is 0 Å². The Morgan fingerprint density at radius 3 is 2.33 bits per heavy atom. The van der Waals surface area contributed by atoms with Crippen molar-refractivity contribution in [2.24, 2.45) is 0 Å². The highest BCUT2D eigenvalue weighted by Gasteiger charge is 2.27. The summed E-state index contributed by atoms with van der Waals surface area (Å²) >= 11 is 0. The smallest absolute Gasteiger partial charge is 0.255 e. The zero-order valence-corrected chi connectivity index (χ0v) is 13.7. The summed E-state index contributed by atoms with van der Waals surface area (Å²) in [6.07, 6.45) is 4.57. The molecule has 7 nitrogen and oxygen atoms in total. The average molecular weight is 333 g/mol. The highest BCUT2D eigenvalue weighted by Crippen LogP contribution is 2.38. The van der Waals surface area contributed by atoms with E-state index in [1.54, 1.807) is 12.1 Å². The number of hydrogen-bond donors (Lipinski definition) is 1. The van der Waals surface area contributed by atoms with Crippen molar-refractivity contribution >= 4 is 17.9 Å². The normalized spacial score (nSPS) is 17.2. The minimum atomic E-state index is -1.15. The van der Waals surface area contributed by atoms with Gasteiger partial charge in [-0.1, -0.05) is 6.08 Å². The van der Waals surface area contributed by atoms with Crippen molar-refractivity contribution in [3.05, 3.63) is 35.9 Å². The molecule has 0 saturated carbocycles. The Labute approximate surface area is 139 Å². The third-order valence-corrected chi connectivity index (χ3v) is 3.49. The minimum Gasteiger partial charge on any atom is -0.493 e. The molecule has 0 spiro atoms. The molecule has 0 saturated heterocycles. The molecule has 24 heavy (non-hydrogen) atoms. The highest BCUT2D eigenvalue weighted by atomic mass is 16.5. The number of methoxy groups -OCH3 is 3. The molecule has 1 aliphatic heterocycles. The summed E-state index contributed by atoms with van der Waals surface area (Å²) in [7, 11) is 4.48. The predicted octanol–water partition coefficient (Wildman–Crippen LogP) is 1.36. The fourth-order valence-corrected chi connectivity index (χ4v) is 2.32. The van der Waals surface area contributed by atoms with Crippen molar-refractivity contribution in [1.82, 2.24) is 4.90 Å². The number of imide groups is 1. The van der Waals surface area contributed by atoms with Crippen LogP contribution in [0.25, 0.3) is 6.08 Å². The molecule has 2 rings (SSSR count). The van der Waals surface area contributed by atoms with Crippen LogP contribution in [-0.2, 0) is 9.59 Å². The summed E-state index contributed by atoms with van der Waals surface area (Å²) in [6, 6.07) is 3.33. The number of carbonyl (C=O) groups excluding carboxylic acids is 2. The van der Waals surface area contributed by atoms with Gasteiger partial charge < -0.3 is 19.3 Å². The van der Waals surface area contributed by atoms with Gasteiger partial charge in [-0.15, -0.1) is 0 Å². The van der Waals surface area contributed by atoms with E-state index in [-0.39, 0.29) is 6.42 Å². The summed E-state index contributed by atoms with van der Waals surface area (Å²) in [5.41, 5.74) is 0.618. The molecule has 1 heterocycles. The van der Waals surface area contributed by atoms with E-state index in [0.717, 1.165) is 4.90 Å². The first kappa shape index (κ1) is 17.6. The number of ether oxygens (including phenoxy) is 3. The van der Waals surface area contributed by atoms with Crippen LogP contribution in [0.15, 0.2) is 30.4 Å². The number of carbonyl (C=O) groups is 2. The van der Waals surface area contributed by atoms with Gasteiger partial charge in [0.15, 0.2) is 11.5 Å². The second-order valence-electron chi connectivity index (χ2n) is 4.96. The number of aliphatic hydroxyl groups excluding tert-OH is 1. The third-order valence-electron chi connectivity index (χ3n) is 3.49. The Morgan fingerprint density at radius 2 is 1.83 bits per heavy atom. The lowest BCUT2D eigenvalue weighted by Crippen LogP contribution is -2.44. The van der Waals surface area contributed by atoms with Crippen molar-refractivity contribution in [2.75, 3.05) is 21.3 Å². The van der Waals surface area contributed by atoms with Gasteiger partial charge >= 0.3 is 0 Å². The second-order valence-corrected chi connectivity index (χ2v) is 4.96. The SMILES string of the molecule is COc1cc(/C=C/C(=O)N2C(=O)C=CCC2O)cc(OC)c1OC. The van der Waals surface area contributed by atoms with Crippen LogP contribution in [0.4, 0.5) is 0 Å². The molecule has 1 unspecified atom stereocenters. The van der Waals surface area contributed by atoms with Gasteiger partial charge in [-0.3, -0.25) is 9.59 Å². The first-order chi connectivity index (χ1) is 11.5. The maximum absolute atomic E-state index is 12.2. The van der Waals surface area contributed by atoms with E-state index >= 15 is 0 Å². The van der Waals surface area contributed by atoms with Crippen LogP contribution >= 0.6 is 0 Å². The number of rotatable bonds is 5. The Bertz CT molecular complexity index is 669. The van der Waals surface area contributed by atoms with E-state index in [0.29, 0.717) is 22.8 Å². The van der Waals surface area contributed by atoms with Gasteiger partial charge in [0.25, 0.3) is 11.8 Å². The number of benzene rings is 1. The fourth-order valence-electron chi connectivity index (χ4n) is 2.32. The summed E-state index contributed by atoms with van der Waals surface area (Å²) in [4.78, 5) is 24.7. The monoisotopic (exact) mass is 333 g/mol. The largest absolute Gasteiger partial charge is 0.493 e. The van der Waals surface area contributed by atoms with Crippen LogP contribution in [0.1, 0.15) is 12.0 Å². The van der Waals surface area contributed by atoms with Crippen LogP contribution in [0.2, 0.25) is 0 Å². The van der Waals surface area contributed by atoms with E-state index in [4.69, 9.17) is 14.2 Å². The molecule has 1 atom stereocenters. The summed E-state index contributed by atoms with van der Waals surface area (Å²) in [5.74, 6) is 0.177. The molecule has 1 aromatic carbocycles. The van der Waals surface area contributed by atoms with Crippen LogP contribution in [0.5, 0.6) is 17.2 Å². The zero-order valence-electron chi connectivity index (χ0n) is 13.7. The highest BCUT2D eigenvalue weighted by molar-refractivity contribution is 6.07. The van der Waals surface area contributed by atoms with E-state index in [9.17, 15) is 14.7 Å². The van der Waals surface area contributed by atoms with Gasteiger partial charge in [-0.05, 0) is 29.8 Å². The molecule has 1 N–H and O–H groups in total. The molecule has 128 valence electrons. The molecule has 2 amide bonds. The van der Waals surface area contributed by atoms with E-state index in [2.05, 4.69) is 0 Å². The van der Waals surface area contributed by atoms with Gasteiger partial charge in [0.05, 0.1) is 21.3 Å². The van der Waals surface area contributed by atoms with Gasteiger partial charge in [-0.25, -0.2) is 4.90 Å². The molecule has 0 aromatic heterocycles. The molecule has 0 radical (unpaired) electrons. The van der Waals surface area contributed by atoms with Crippen LogP contribution in [0, 0.1) is 0 Å². The van der Waals surface area contributed by atoms with Crippen LogP contribution in [0.3, 0.4) is 0 Å². The molecular weight excluding hydrogens is 314 g/mol.